The molecule has 1 aliphatic rings. The average molecular weight is 327 g/mol. The summed E-state index contributed by atoms with van der Waals surface area (Å²) in [5, 5.41) is 0. The molecule has 1 aliphatic heterocycles. The minimum atomic E-state index is 0.00493. The van der Waals surface area contributed by atoms with Crippen molar-refractivity contribution in [2.45, 2.75) is 90.4 Å². The zero-order chi connectivity index (χ0) is 16.8. The Morgan fingerprint density at radius 1 is 0.826 bits per heavy atom. The van der Waals surface area contributed by atoms with Gasteiger partial charge in [-0.3, -0.25) is 0 Å². The van der Waals surface area contributed by atoms with E-state index in [1.165, 1.54) is 77.0 Å². The van der Waals surface area contributed by atoms with Gasteiger partial charge in [-0.2, -0.15) is 0 Å². The molecule has 0 bridgehead atoms. The van der Waals surface area contributed by atoms with Crippen LogP contribution in [0.1, 0.15) is 90.4 Å². The summed E-state index contributed by atoms with van der Waals surface area (Å²) in [6.45, 7) is 5.72. The number of nitrogens with zero attached hydrogens (tertiary/aromatic N) is 1. The molecule has 0 atom stereocenters. The Morgan fingerprint density at radius 3 is 1.91 bits per heavy atom. The summed E-state index contributed by atoms with van der Waals surface area (Å²) in [7, 11) is 2.20. The zero-order valence-electron chi connectivity index (χ0n) is 15.8. The van der Waals surface area contributed by atoms with Crippen molar-refractivity contribution in [3.05, 3.63) is 0 Å². The highest BCUT2D eigenvalue weighted by atomic mass is 16.5. The molecule has 1 heterocycles. The highest BCUT2D eigenvalue weighted by Crippen LogP contribution is 2.16. The number of carbonyl (C=O) groups excluding carboxylic acids is 1. The van der Waals surface area contributed by atoms with Gasteiger partial charge in [0.05, 0.1) is 26.7 Å². The molecule has 136 valence electrons. The minimum Gasteiger partial charge on any atom is -0.462 e. The van der Waals surface area contributed by atoms with E-state index in [4.69, 9.17) is 4.74 Å². The molecule has 0 unspecified atom stereocenters. The van der Waals surface area contributed by atoms with Gasteiger partial charge < -0.3 is 9.22 Å². The number of esters is 1. The van der Waals surface area contributed by atoms with Crippen LogP contribution in [0.2, 0.25) is 0 Å². The second kappa shape index (κ2) is 12.8. The second-order valence-corrected chi connectivity index (χ2v) is 7.69. The van der Waals surface area contributed by atoms with Crippen LogP contribution in [0.5, 0.6) is 0 Å². The number of ether oxygens (including phenoxy) is 1. The number of carbonyl (C=O) groups is 1. The molecule has 0 amide bonds. The van der Waals surface area contributed by atoms with Gasteiger partial charge in [0.2, 0.25) is 0 Å². The van der Waals surface area contributed by atoms with Gasteiger partial charge in [-0.25, -0.2) is 4.79 Å². The maximum absolute atomic E-state index is 11.9. The van der Waals surface area contributed by atoms with Crippen molar-refractivity contribution in [2.75, 3.05) is 33.3 Å². The summed E-state index contributed by atoms with van der Waals surface area (Å²) in [5.74, 6) is 0.00493. The molecule has 0 aromatic carbocycles. The standard InChI is InChI=1S/C20H40NO2/c1-3-4-5-6-7-8-9-10-11-15-18-23-20(22)19-21(2)16-13-12-14-17-21/h3-19H2,1-2H3/q+1. The van der Waals surface area contributed by atoms with Gasteiger partial charge in [0.25, 0.3) is 0 Å². The van der Waals surface area contributed by atoms with E-state index in [2.05, 4.69) is 14.0 Å². The molecule has 1 fully saturated rings. The van der Waals surface area contributed by atoms with Crippen molar-refractivity contribution in [1.82, 2.24) is 0 Å². The maximum Gasteiger partial charge on any atom is 0.361 e. The molecule has 1 rings (SSSR count). The number of unbranched alkanes of at least 4 members (excludes halogenated alkanes) is 9. The molecule has 1 saturated heterocycles. The molecular weight excluding hydrogens is 286 g/mol. The SMILES string of the molecule is CCCCCCCCCCCCOC(=O)C[N+]1(C)CCCCC1. The lowest BCUT2D eigenvalue weighted by Gasteiger charge is -2.36. The Morgan fingerprint density at radius 2 is 1.35 bits per heavy atom. The Kier molecular flexibility index (Phi) is 11.4. The third-order valence-corrected chi connectivity index (χ3v) is 5.17. The predicted molar refractivity (Wildman–Crippen MR) is 97.4 cm³/mol. The van der Waals surface area contributed by atoms with Gasteiger partial charge in [-0.05, 0) is 25.7 Å². The van der Waals surface area contributed by atoms with Crippen LogP contribution in [-0.2, 0) is 9.53 Å². The van der Waals surface area contributed by atoms with Crippen LogP contribution in [0.15, 0.2) is 0 Å². The lowest BCUT2D eigenvalue weighted by molar-refractivity contribution is -0.907. The van der Waals surface area contributed by atoms with Crippen molar-refractivity contribution in [3.8, 4) is 0 Å². The fourth-order valence-electron chi connectivity index (χ4n) is 3.57. The Labute approximate surface area is 144 Å². The first-order valence-corrected chi connectivity index (χ1v) is 10.2. The molecule has 0 saturated carbocycles. The highest BCUT2D eigenvalue weighted by molar-refractivity contribution is 5.70. The number of rotatable bonds is 13. The van der Waals surface area contributed by atoms with Crippen molar-refractivity contribution in [1.29, 1.82) is 0 Å². The van der Waals surface area contributed by atoms with Crippen molar-refractivity contribution < 1.29 is 14.0 Å². The van der Waals surface area contributed by atoms with Gasteiger partial charge >= 0.3 is 5.97 Å². The Balaban J connectivity index is 1.87. The molecule has 0 aliphatic carbocycles. The van der Waals surface area contributed by atoms with Crippen molar-refractivity contribution in [2.24, 2.45) is 0 Å². The largest absolute Gasteiger partial charge is 0.462 e. The maximum atomic E-state index is 11.9. The third-order valence-electron chi connectivity index (χ3n) is 5.17. The van der Waals surface area contributed by atoms with Gasteiger partial charge in [0.15, 0.2) is 6.54 Å². The summed E-state index contributed by atoms with van der Waals surface area (Å²) < 4.78 is 6.31. The minimum absolute atomic E-state index is 0.00493. The summed E-state index contributed by atoms with van der Waals surface area (Å²) in [5.41, 5.74) is 0. The molecule has 3 nitrogen and oxygen atoms in total. The van der Waals surface area contributed by atoms with Crippen LogP contribution < -0.4 is 0 Å². The molecular formula is C20H40NO2+. The molecule has 0 spiro atoms. The van der Waals surface area contributed by atoms with E-state index in [0.29, 0.717) is 13.2 Å². The number of hydrogen-bond acceptors (Lipinski definition) is 2. The van der Waals surface area contributed by atoms with E-state index in [1.54, 1.807) is 0 Å². The fourth-order valence-corrected chi connectivity index (χ4v) is 3.57. The second-order valence-electron chi connectivity index (χ2n) is 7.69. The summed E-state index contributed by atoms with van der Waals surface area (Å²) in [4.78, 5) is 11.9. The number of likely N-dealkylation sites (tertiary alicyclic amines) is 1. The van der Waals surface area contributed by atoms with Gasteiger partial charge in [-0.15, -0.1) is 0 Å². The van der Waals surface area contributed by atoms with E-state index >= 15 is 0 Å². The Hall–Kier alpha value is -0.570. The zero-order valence-corrected chi connectivity index (χ0v) is 15.8. The van der Waals surface area contributed by atoms with E-state index in [9.17, 15) is 4.79 Å². The average Bonchev–Trinajstić information content (AvgIpc) is 2.53. The van der Waals surface area contributed by atoms with Crippen molar-refractivity contribution in [3.63, 3.8) is 0 Å². The van der Waals surface area contributed by atoms with Crippen LogP contribution >= 0.6 is 0 Å². The van der Waals surface area contributed by atoms with E-state index in [-0.39, 0.29) is 5.97 Å². The van der Waals surface area contributed by atoms with Crippen LogP contribution in [0.25, 0.3) is 0 Å². The van der Waals surface area contributed by atoms with Crippen LogP contribution in [-0.4, -0.2) is 43.7 Å². The van der Waals surface area contributed by atoms with Gasteiger partial charge in [0, 0.05) is 0 Å². The molecule has 23 heavy (non-hydrogen) atoms. The number of hydrogen-bond donors (Lipinski definition) is 0. The number of quaternary nitrogens is 1. The van der Waals surface area contributed by atoms with E-state index < -0.39 is 0 Å². The van der Waals surface area contributed by atoms with Crippen LogP contribution in [0.3, 0.4) is 0 Å². The summed E-state index contributed by atoms with van der Waals surface area (Å²) >= 11 is 0. The van der Waals surface area contributed by atoms with Gasteiger partial charge in [-0.1, -0.05) is 64.7 Å². The lowest BCUT2D eigenvalue weighted by atomic mass is 10.1. The van der Waals surface area contributed by atoms with Gasteiger partial charge in [0.1, 0.15) is 0 Å². The smallest absolute Gasteiger partial charge is 0.361 e. The normalized spacial score (nSPS) is 17.1. The summed E-state index contributed by atoms with van der Waals surface area (Å²) in [6.07, 6.45) is 17.0. The van der Waals surface area contributed by atoms with Crippen LogP contribution in [0.4, 0.5) is 0 Å². The Bertz CT molecular complexity index is 298. The predicted octanol–water partition coefficient (Wildman–Crippen LogP) is 5.08. The first-order chi connectivity index (χ1) is 11.2. The topological polar surface area (TPSA) is 26.3 Å². The third kappa shape index (κ3) is 10.8. The van der Waals surface area contributed by atoms with Crippen LogP contribution in [0, 0.1) is 0 Å². The number of piperidine rings is 1. The fraction of sp³-hybridized carbons (Fsp3) is 0.950. The monoisotopic (exact) mass is 326 g/mol. The molecule has 0 N–H and O–H groups in total. The van der Waals surface area contributed by atoms with E-state index in [1.807, 2.05) is 0 Å². The van der Waals surface area contributed by atoms with Crippen molar-refractivity contribution >= 4 is 5.97 Å². The number of likely N-dealkylation sites (N-methyl/N-ethyl adjacent to an activating group) is 1. The molecule has 0 aromatic rings. The van der Waals surface area contributed by atoms with E-state index in [0.717, 1.165) is 24.0 Å². The molecule has 3 heteroatoms. The first-order valence-electron chi connectivity index (χ1n) is 10.2. The quantitative estimate of drug-likeness (QED) is 0.268. The lowest BCUT2D eigenvalue weighted by Crippen LogP contribution is -2.51. The summed E-state index contributed by atoms with van der Waals surface area (Å²) in [6, 6.07) is 0. The first kappa shape index (κ1) is 20.5. The molecule has 0 aromatic heterocycles. The molecule has 0 radical (unpaired) electrons. The highest BCUT2D eigenvalue weighted by Gasteiger charge is 2.28.